The molecule has 0 amide bonds. The molecule has 2 rings (SSSR count). The van der Waals surface area contributed by atoms with Gasteiger partial charge in [0.25, 0.3) is 0 Å². The fraction of sp³-hybridized carbons (Fsp3) is 0.267. The topological polar surface area (TPSA) is 34.2 Å². The zero-order valence-electron chi connectivity index (χ0n) is 11.4. The van der Waals surface area contributed by atoms with Crippen molar-refractivity contribution in [1.29, 1.82) is 0 Å². The molecule has 0 aliphatic rings. The Morgan fingerprint density at radius 2 is 1.86 bits per heavy atom. The second kappa shape index (κ2) is 6.58. The molecule has 6 heteroatoms. The highest BCUT2D eigenvalue weighted by molar-refractivity contribution is 5.33. The highest BCUT2D eigenvalue weighted by Gasteiger charge is 2.31. The number of hydrogen-bond acceptors (Lipinski definition) is 3. The maximum absolute atomic E-state index is 12.3. The Hall–Kier alpha value is -2.08. The molecule has 0 saturated carbocycles. The van der Waals surface area contributed by atoms with Crippen molar-refractivity contribution in [2.45, 2.75) is 26.4 Å². The lowest BCUT2D eigenvalue weighted by Gasteiger charge is -2.13. The van der Waals surface area contributed by atoms with Crippen LogP contribution in [0.4, 0.5) is 13.2 Å². The fourth-order valence-electron chi connectivity index (χ4n) is 1.89. The Morgan fingerprint density at radius 1 is 1.10 bits per heavy atom. The smallest absolute Gasteiger partial charge is 0.405 e. The lowest BCUT2D eigenvalue weighted by Crippen LogP contribution is -2.20. The Kier molecular flexibility index (Phi) is 4.80. The molecule has 1 heterocycles. The molecule has 0 saturated heterocycles. The van der Waals surface area contributed by atoms with Crippen molar-refractivity contribution in [3.8, 4) is 5.75 Å². The summed E-state index contributed by atoms with van der Waals surface area (Å²) in [7, 11) is 0. The van der Waals surface area contributed by atoms with Crippen molar-refractivity contribution in [1.82, 2.24) is 10.3 Å². The SMILES string of the molecule is Cc1cccnc1CNCc1ccccc1OC(F)(F)F. The number of nitrogens with zero attached hydrogens (tertiary/aromatic N) is 1. The van der Waals surface area contributed by atoms with Gasteiger partial charge in [0.15, 0.2) is 0 Å². The first-order valence-corrected chi connectivity index (χ1v) is 6.40. The third kappa shape index (κ3) is 4.75. The lowest BCUT2D eigenvalue weighted by molar-refractivity contribution is -0.274. The predicted molar refractivity (Wildman–Crippen MR) is 72.6 cm³/mol. The largest absolute Gasteiger partial charge is 0.573 e. The van der Waals surface area contributed by atoms with Crippen molar-refractivity contribution in [3.05, 3.63) is 59.4 Å². The Bertz CT molecular complexity index is 599. The number of aromatic nitrogens is 1. The average molecular weight is 296 g/mol. The molecule has 3 nitrogen and oxygen atoms in total. The van der Waals surface area contributed by atoms with Gasteiger partial charge in [-0.3, -0.25) is 4.98 Å². The summed E-state index contributed by atoms with van der Waals surface area (Å²) in [4.78, 5) is 4.22. The second-order valence-electron chi connectivity index (χ2n) is 4.53. The zero-order valence-corrected chi connectivity index (χ0v) is 11.4. The summed E-state index contributed by atoms with van der Waals surface area (Å²) in [6, 6.07) is 9.85. The van der Waals surface area contributed by atoms with Crippen molar-refractivity contribution in [2.75, 3.05) is 0 Å². The molecule has 0 fully saturated rings. The van der Waals surface area contributed by atoms with Crippen molar-refractivity contribution in [2.24, 2.45) is 0 Å². The van der Waals surface area contributed by atoms with Crippen molar-refractivity contribution >= 4 is 0 Å². The van der Waals surface area contributed by atoms with Crippen LogP contribution in [0.2, 0.25) is 0 Å². The van der Waals surface area contributed by atoms with Crippen LogP contribution in [0.5, 0.6) is 5.75 Å². The zero-order chi connectivity index (χ0) is 15.3. The van der Waals surface area contributed by atoms with Gasteiger partial charge in [-0.25, -0.2) is 0 Å². The van der Waals surface area contributed by atoms with Gasteiger partial charge in [0.2, 0.25) is 0 Å². The number of alkyl halides is 3. The molecule has 112 valence electrons. The molecule has 1 aromatic carbocycles. The van der Waals surface area contributed by atoms with Crippen LogP contribution in [0.1, 0.15) is 16.8 Å². The van der Waals surface area contributed by atoms with Crippen LogP contribution in [0.25, 0.3) is 0 Å². The minimum absolute atomic E-state index is 0.185. The Balaban J connectivity index is 1.99. The highest BCUT2D eigenvalue weighted by atomic mass is 19.4. The molecule has 21 heavy (non-hydrogen) atoms. The number of pyridine rings is 1. The van der Waals surface area contributed by atoms with Crippen LogP contribution < -0.4 is 10.1 Å². The van der Waals surface area contributed by atoms with Gasteiger partial charge in [0, 0.05) is 24.8 Å². The van der Waals surface area contributed by atoms with Gasteiger partial charge in [-0.1, -0.05) is 24.3 Å². The maximum atomic E-state index is 12.3. The maximum Gasteiger partial charge on any atom is 0.573 e. The summed E-state index contributed by atoms with van der Waals surface area (Å²) in [5, 5.41) is 3.08. The number of aryl methyl sites for hydroxylation is 1. The third-order valence-electron chi connectivity index (χ3n) is 2.92. The second-order valence-corrected chi connectivity index (χ2v) is 4.53. The fourth-order valence-corrected chi connectivity index (χ4v) is 1.89. The average Bonchev–Trinajstić information content (AvgIpc) is 2.41. The number of benzene rings is 1. The molecule has 0 aliphatic heterocycles. The van der Waals surface area contributed by atoms with Crippen molar-refractivity contribution in [3.63, 3.8) is 0 Å². The summed E-state index contributed by atoms with van der Waals surface area (Å²) in [6.07, 6.45) is -3.00. The summed E-state index contributed by atoms with van der Waals surface area (Å²) < 4.78 is 40.9. The van der Waals surface area contributed by atoms with Crippen LogP contribution >= 0.6 is 0 Å². The van der Waals surface area contributed by atoms with Gasteiger partial charge in [0.1, 0.15) is 5.75 Å². The van der Waals surface area contributed by atoms with E-state index in [4.69, 9.17) is 0 Å². The van der Waals surface area contributed by atoms with E-state index in [1.54, 1.807) is 18.3 Å². The van der Waals surface area contributed by atoms with Gasteiger partial charge < -0.3 is 10.1 Å². The first-order chi connectivity index (χ1) is 9.96. The molecule has 2 aromatic rings. The van der Waals surface area contributed by atoms with Gasteiger partial charge in [-0.2, -0.15) is 0 Å². The summed E-state index contributed by atoms with van der Waals surface area (Å²) in [5.74, 6) is -0.185. The number of nitrogens with one attached hydrogen (secondary N) is 1. The molecular formula is C15H15F3N2O. The molecule has 0 atom stereocenters. The minimum atomic E-state index is -4.69. The number of para-hydroxylation sites is 1. The third-order valence-corrected chi connectivity index (χ3v) is 2.92. The summed E-state index contributed by atoms with van der Waals surface area (Å²) >= 11 is 0. The number of halogens is 3. The Morgan fingerprint density at radius 3 is 2.57 bits per heavy atom. The van der Waals surface area contributed by atoms with Crippen LogP contribution in [0.15, 0.2) is 42.6 Å². The number of ether oxygens (including phenoxy) is 1. The van der Waals surface area contributed by atoms with E-state index in [-0.39, 0.29) is 12.3 Å². The highest BCUT2D eigenvalue weighted by Crippen LogP contribution is 2.26. The quantitative estimate of drug-likeness (QED) is 0.915. The van der Waals surface area contributed by atoms with E-state index in [2.05, 4.69) is 15.0 Å². The molecule has 0 bridgehead atoms. The van der Waals surface area contributed by atoms with Crippen LogP contribution in [-0.2, 0) is 13.1 Å². The van der Waals surface area contributed by atoms with Crippen LogP contribution in [0, 0.1) is 6.92 Å². The molecule has 1 N–H and O–H groups in total. The van der Waals surface area contributed by atoms with E-state index in [0.717, 1.165) is 11.3 Å². The van der Waals surface area contributed by atoms with Gasteiger partial charge >= 0.3 is 6.36 Å². The standard InChI is InChI=1S/C15H15F3N2O/c1-11-5-4-8-20-13(11)10-19-9-12-6-2-3-7-14(12)21-15(16,17)18/h2-8,19H,9-10H2,1H3. The van der Waals surface area contributed by atoms with Gasteiger partial charge in [-0.05, 0) is 24.6 Å². The molecule has 0 spiro atoms. The van der Waals surface area contributed by atoms with Gasteiger partial charge in [-0.15, -0.1) is 13.2 Å². The first kappa shape index (κ1) is 15.3. The lowest BCUT2D eigenvalue weighted by atomic mass is 10.2. The van der Waals surface area contributed by atoms with E-state index in [1.807, 2.05) is 19.1 Å². The number of rotatable bonds is 5. The van der Waals surface area contributed by atoms with E-state index in [0.29, 0.717) is 12.1 Å². The van der Waals surface area contributed by atoms with E-state index < -0.39 is 6.36 Å². The molecule has 0 aliphatic carbocycles. The molecule has 1 aromatic heterocycles. The number of hydrogen-bond donors (Lipinski definition) is 1. The molecule has 0 radical (unpaired) electrons. The van der Waals surface area contributed by atoms with Crippen LogP contribution in [-0.4, -0.2) is 11.3 Å². The predicted octanol–water partition coefficient (Wildman–Crippen LogP) is 3.58. The van der Waals surface area contributed by atoms with E-state index >= 15 is 0 Å². The van der Waals surface area contributed by atoms with E-state index in [9.17, 15) is 13.2 Å². The Labute approximate surface area is 120 Å². The molecular weight excluding hydrogens is 281 g/mol. The van der Waals surface area contributed by atoms with Gasteiger partial charge in [0.05, 0.1) is 5.69 Å². The van der Waals surface area contributed by atoms with Crippen molar-refractivity contribution < 1.29 is 17.9 Å². The van der Waals surface area contributed by atoms with Crippen LogP contribution in [0.3, 0.4) is 0 Å². The summed E-state index contributed by atoms with van der Waals surface area (Å²) in [5.41, 5.74) is 2.35. The molecule has 0 unspecified atom stereocenters. The van der Waals surface area contributed by atoms with E-state index in [1.165, 1.54) is 12.1 Å². The summed E-state index contributed by atoms with van der Waals surface area (Å²) in [6.45, 7) is 2.68. The normalized spacial score (nSPS) is 11.4. The minimum Gasteiger partial charge on any atom is -0.405 e. The first-order valence-electron chi connectivity index (χ1n) is 6.40. The monoisotopic (exact) mass is 296 g/mol.